The molecule has 7 heteroatoms. The number of nitrogens with zero attached hydrogens (tertiary/aromatic N) is 2. The van der Waals surface area contributed by atoms with E-state index in [1.165, 1.54) is 12.1 Å². The molecule has 0 radical (unpaired) electrons. The number of piperidine rings is 1. The molecule has 1 spiro atoms. The highest BCUT2D eigenvalue weighted by Crippen LogP contribution is 2.43. The van der Waals surface area contributed by atoms with Crippen LogP contribution in [0.1, 0.15) is 39.0 Å². The molecule has 0 bridgehead atoms. The van der Waals surface area contributed by atoms with Gasteiger partial charge in [-0.2, -0.15) is 0 Å². The average molecular weight is 389 g/mol. The van der Waals surface area contributed by atoms with Crippen LogP contribution in [0.3, 0.4) is 0 Å². The molecular formula is C21H28FN3O3. The lowest BCUT2D eigenvalue weighted by atomic mass is 9.80. The van der Waals surface area contributed by atoms with Crippen LogP contribution < -0.4 is 5.32 Å². The van der Waals surface area contributed by atoms with Gasteiger partial charge in [0.1, 0.15) is 11.9 Å². The average Bonchev–Trinajstić information content (AvgIpc) is 3.36. The van der Waals surface area contributed by atoms with Crippen molar-refractivity contribution in [1.82, 2.24) is 9.80 Å². The second-order valence-corrected chi connectivity index (χ2v) is 8.28. The molecule has 3 aliphatic heterocycles. The Morgan fingerprint density at radius 2 is 1.82 bits per heavy atom. The van der Waals surface area contributed by atoms with Crippen LogP contribution in [-0.4, -0.2) is 59.6 Å². The lowest BCUT2D eigenvalue weighted by Gasteiger charge is -2.44. The van der Waals surface area contributed by atoms with Gasteiger partial charge in [-0.3, -0.25) is 4.79 Å². The first-order valence-corrected chi connectivity index (χ1v) is 10.2. The van der Waals surface area contributed by atoms with Crippen LogP contribution in [0.2, 0.25) is 0 Å². The normalized spacial score (nSPS) is 30.1. The summed E-state index contributed by atoms with van der Waals surface area (Å²) in [5.74, 6) is -0.0439. The highest BCUT2D eigenvalue weighted by molar-refractivity contribution is 5.89. The Labute approximate surface area is 165 Å². The zero-order chi connectivity index (χ0) is 19.7. The van der Waals surface area contributed by atoms with Crippen molar-refractivity contribution >= 4 is 17.6 Å². The molecule has 1 aromatic carbocycles. The number of hydrogen-bond acceptors (Lipinski definition) is 3. The number of rotatable bonds is 2. The number of anilines is 1. The first kappa shape index (κ1) is 19.2. The molecule has 3 fully saturated rings. The predicted octanol–water partition coefficient (Wildman–Crippen LogP) is 3.24. The van der Waals surface area contributed by atoms with Crippen molar-refractivity contribution in [3.63, 3.8) is 0 Å². The topological polar surface area (TPSA) is 61.9 Å². The van der Waals surface area contributed by atoms with Gasteiger partial charge in [0.05, 0.1) is 5.60 Å². The lowest BCUT2D eigenvalue weighted by Crippen LogP contribution is -2.54. The molecule has 3 aliphatic rings. The molecule has 3 atom stereocenters. The third kappa shape index (κ3) is 3.72. The molecule has 4 rings (SSSR count). The largest absolute Gasteiger partial charge is 0.362 e. The second-order valence-electron chi connectivity index (χ2n) is 8.28. The Kier molecular flexibility index (Phi) is 5.27. The lowest BCUT2D eigenvalue weighted by molar-refractivity contribution is -0.154. The number of carbonyl (C=O) groups excluding carboxylic acids is 2. The molecule has 0 saturated carbocycles. The fraction of sp³-hybridized carbons (Fsp3) is 0.619. The van der Waals surface area contributed by atoms with Gasteiger partial charge < -0.3 is 19.9 Å². The highest BCUT2D eigenvalue weighted by atomic mass is 19.1. The van der Waals surface area contributed by atoms with E-state index in [9.17, 15) is 14.0 Å². The van der Waals surface area contributed by atoms with E-state index < -0.39 is 0 Å². The summed E-state index contributed by atoms with van der Waals surface area (Å²) >= 11 is 0. The maximum absolute atomic E-state index is 13.0. The van der Waals surface area contributed by atoms with Crippen molar-refractivity contribution in [3.05, 3.63) is 30.1 Å². The third-order valence-corrected chi connectivity index (χ3v) is 6.48. The first-order valence-electron chi connectivity index (χ1n) is 10.2. The molecule has 28 heavy (non-hydrogen) atoms. The van der Waals surface area contributed by atoms with Crippen molar-refractivity contribution in [2.24, 2.45) is 5.92 Å². The Morgan fingerprint density at radius 3 is 2.50 bits per heavy atom. The number of halogens is 1. The molecule has 3 heterocycles. The Hall–Kier alpha value is -2.15. The molecule has 0 aliphatic carbocycles. The van der Waals surface area contributed by atoms with Gasteiger partial charge in [-0.05, 0) is 56.4 Å². The van der Waals surface area contributed by atoms with Gasteiger partial charge in [0.2, 0.25) is 0 Å². The smallest absolute Gasteiger partial charge is 0.321 e. The van der Waals surface area contributed by atoms with Crippen LogP contribution in [0.25, 0.3) is 0 Å². The minimum atomic E-state index is -0.333. The van der Waals surface area contributed by atoms with Gasteiger partial charge >= 0.3 is 6.03 Å². The molecule has 0 unspecified atom stereocenters. The van der Waals surface area contributed by atoms with Crippen molar-refractivity contribution in [1.29, 1.82) is 0 Å². The zero-order valence-corrected chi connectivity index (χ0v) is 16.3. The van der Waals surface area contributed by atoms with Gasteiger partial charge in [0, 0.05) is 37.8 Å². The first-order chi connectivity index (χ1) is 13.5. The van der Waals surface area contributed by atoms with E-state index in [1.54, 1.807) is 17.0 Å². The summed E-state index contributed by atoms with van der Waals surface area (Å²) in [5.41, 5.74) is 0.264. The van der Waals surface area contributed by atoms with Gasteiger partial charge in [0.25, 0.3) is 5.91 Å². The van der Waals surface area contributed by atoms with Crippen LogP contribution in [0, 0.1) is 11.7 Å². The van der Waals surface area contributed by atoms with E-state index in [-0.39, 0.29) is 35.4 Å². The highest BCUT2D eigenvalue weighted by Gasteiger charge is 2.50. The van der Waals surface area contributed by atoms with Gasteiger partial charge in [-0.15, -0.1) is 0 Å². The summed E-state index contributed by atoms with van der Waals surface area (Å²) in [6.07, 6.45) is 4.19. The number of amides is 3. The van der Waals surface area contributed by atoms with Crippen LogP contribution in [0.4, 0.5) is 14.9 Å². The minimum Gasteiger partial charge on any atom is -0.362 e. The Morgan fingerprint density at radius 1 is 1.11 bits per heavy atom. The van der Waals surface area contributed by atoms with Crippen molar-refractivity contribution < 1.29 is 18.7 Å². The van der Waals surface area contributed by atoms with Crippen LogP contribution in [-0.2, 0) is 9.53 Å². The zero-order valence-electron chi connectivity index (χ0n) is 16.3. The van der Waals surface area contributed by atoms with Gasteiger partial charge in [-0.1, -0.05) is 6.92 Å². The van der Waals surface area contributed by atoms with Crippen LogP contribution in [0.5, 0.6) is 0 Å². The number of likely N-dealkylation sites (tertiary alicyclic amines) is 2. The molecular weight excluding hydrogens is 361 g/mol. The van der Waals surface area contributed by atoms with E-state index >= 15 is 0 Å². The fourth-order valence-corrected chi connectivity index (χ4v) is 4.72. The number of urea groups is 1. The number of ether oxygens (including phenoxy) is 1. The van der Waals surface area contributed by atoms with Gasteiger partial charge in [-0.25, -0.2) is 9.18 Å². The van der Waals surface area contributed by atoms with E-state index in [1.807, 2.05) is 4.90 Å². The van der Waals surface area contributed by atoms with Gasteiger partial charge in [0.15, 0.2) is 0 Å². The summed E-state index contributed by atoms with van der Waals surface area (Å²) in [4.78, 5) is 29.0. The van der Waals surface area contributed by atoms with E-state index in [0.717, 1.165) is 45.2 Å². The van der Waals surface area contributed by atoms with E-state index in [2.05, 4.69) is 12.2 Å². The summed E-state index contributed by atoms with van der Waals surface area (Å²) < 4.78 is 19.4. The summed E-state index contributed by atoms with van der Waals surface area (Å²) in [6, 6.07) is 5.57. The van der Waals surface area contributed by atoms with E-state index in [4.69, 9.17) is 4.74 Å². The molecule has 3 saturated heterocycles. The quantitative estimate of drug-likeness (QED) is 0.845. The Balaban J connectivity index is 1.34. The number of hydrogen-bond donors (Lipinski definition) is 1. The molecule has 152 valence electrons. The maximum Gasteiger partial charge on any atom is 0.321 e. The molecule has 1 aromatic rings. The summed E-state index contributed by atoms with van der Waals surface area (Å²) in [7, 11) is 0. The third-order valence-electron chi connectivity index (χ3n) is 6.48. The number of carbonyl (C=O) groups is 2. The monoisotopic (exact) mass is 389 g/mol. The molecule has 1 N–H and O–H groups in total. The standard InChI is InChI=1S/C21H28FN3O3/c1-15-14-25(20(27)23-17-6-4-16(22)5-7-17)13-10-21(15)9-8-18(28-21)19(26)24-11-2-3-12-24/h4-7,15,18H,2-3,8-14H2,1H3,(H,23,27)/t15-,18+,21+/m0/s1. The van der Waals surface area contributed by atoms with Crippen LogP contribution >= 0.6 is 0 Å². The van der Waals surface area contributed by atoms with Crippen LogP contribution in [0.15, 0.2) is 24.3 Å². The fourth-order valence-electron chi connectivity index (χ4n) is 4.72. The SMILES string of the molecule is C[C@H]1CN(C(=O)Nc2ccc(F)cc2)CC[C@]12CC[C@H](C(=O)N1CCCC1)O2. The van der Waals surface area contributed by atoms with Crippen molar-refractivity contribution in [2.75, 3.05) is 31.5 Å². The predicted molar refractivity (Wildman–Crippen MR) is 103 cm³/mol. The summed E-state index contributed by atoms with van der Waals surface area (Å²) in [6.45, 7) is 4.96. The van der Waals surface area contributed by atoms with Crippen molar-refractivity contribution in [2.45, 2.75) is 50.7 Å². The second kappa shape index (κ2) is 7.70. The number of benzene rings is 1. The van der Waals surface area contributed by atoms with Crippen molar-refractivity contribution in [3.8, 4) is 0 Å². The summed E-state index contributed by atoms with van der Waals surface area (Å²) in [5, 5.41) is 2.82. The molecule has 0 aromatic heterocycles. The Bertz CT molecular complexity index is 735. The minimum absolute atomic E-state index is 0.137. The van der Waals surface area contributed by atoms with E-state index in [0.29, 0.717) is 18.8 Å². The molecule has 3 amide bonds. The number of nitrogens with one attached hydrogen (secondary N) is 1. The molecule has 6 nitrogen and oxygen atoms in total. The maximum atomic E-state index is 13.0.